The lowest BCUT2D eigenvalue weighted by Gasteiger charge is -2.49. The smallest absolute Gasteiger partial charge is 0.463 e. The van der Waals surface area contributed by atoms with Crippen molar-refractivity contribution in [1.82, 2.24) is 0 Å². The largest absolute Gasteiger partial charge is 0.472 e. The van der Waals surface area contributed by atoms with Crippen molar-refractivity contribution >= 4 is 25.7 Å². The molecule has 576 valence electrons. The van der Waals surface area contributed by atoms with Crippen molar-refractivity contribution < 1.29 is 117 Å². The van der Waals surface area contributed by atoms with Crippen LogP contribution in [-0.4, -0.2) is 204 Å². The van der Waals surface area contributed by atoms with Crippen LogP contribution in [0.3, 0.4) is 0 Å². The van der Waals surface area contributed by atoms with Crippen LogP contribution in [0.4, 0.5) is 0 Å². The molecule has 2 heterocycles. The van der Waals surface area contributed by atoms with E-state index in [2.05, 4.69) is 32.9 Å². The second-order valence-corrected chi connectivity index (χ2v) is 29.1. The van der Waals surface area contributed by atoms with Gasteiger partial charge < -0.3 is 89.1 Å². The molecule has 11 N–H and O–H groups in total. The maximum absolute atomic E-state index is 14.3. The van der Waals surface area contributed by atoms with Gasteiger partial charge in [0.05, 0.1) is 13.2 Å². The van der Waals surface area contributed by atoms with Crippen molar-refractivity contribution in [3.63, 3.8) is 0 Å². The first kappa shape index (κ1) is 89.9. The highest BCUT2D eigenvalue weighted by Crippen LogP contribution is 2.49. The average Bonchev–Trinajstić information content (AvgIpc) is 0.751. The van der Waals surface area contributed by atoms with Gasteiger partial charge in [0.15, 0.2) is 18.7 Å². The van der Waals surface area contributed by atoms with Gasteiger partial charge in [-0.1, -0.05) is 251 Å². The molecule has 24 nitrogen and oxygen atoms in total. The molecule has 0 spiro atoms. The molecular weight excluding hydrogens is 1290 g/mol. The van der Waals surface area contributed by atoms with E-state index < -0.39 is 156 Å². The van der Waals surface area contributed by atoms with Crippen molar-refractivity contribution in [3.05, 3.63) is 12.2 Å². The van der Waals surface area contributed by atoms with Gasteiger partial charge in [-0.15, -0.1) is 0 Å². The number of phosphoric ester groups is 1. The zero-order valence-corrected chi connectivity index (χ0v) is 61.0. The Morgan fingerprint density at radius 3 is 1.11 bits per heavy atom. The van der Waals surface area contributed by atoms with Crippen molar-refractivity contribution in [2.24, 2.45) is 0 Å². The molecule has 1 aliphatic carbocycles. The Morgan fingerprint density at radius 1 is 0.388 bits per heavy atom. The number of phosphoric acid groups is 1. The number of ether oxygens (including phenoxy) is 7. The van der Waals surface area contributed by atoms with Crippen molar-refractivity contribution in [1.29, 1.82) is 0 Å². The Hall–Kier alpha value is -2.30. The predicted octanol–water partition coefficient (Wildman–Crippen LogP) is 10.7. The molecule has 1 saturated carbocycles. The topological polar surface area (TPSA) is 374 Å². The van der Waals surface area contributed by atoms with Gasteiger partial charge in [-0.25, -0.2) is 4.57 Å². The molecule has 0 aromatic heterocycles. The third-order valence-electron chi connectivity index (χ3n) is 19.0. The molecule has 0 aromatic rings. The first-order valence-corrected chi connectivity index (χ1v) is 40.0. The van der Waals surface area contributed by atoms with E-state index in [0.717, 1.165) is 89.9 Å². The van der Waals surface area contributed by atoms with E-state index in [1.54, 1.807) is 0 Å². The number of hydrogen-bond acceptors (Lipinski definition) is 23. The fraction of sp³-hybridized carbons (Fsp3) is 0.932. The number of aliphatic hydroxyl groups is 10. The molecule has 0 amide bonds. The Morgan fingerprint density at radius 2 is 0.714 bits per heavy atom. The van der Waals surface area contributed by atoms with Gasteiger partial charge >= 0.3 is 25.7 Å². The van der Waals surface area contributed by atoms with Gasteiger partial charge in [0.2, 0.25) is 0 Å². The molecule has 0 bridgehead atoms. The molecule has 3 aliphatic rings. The standard InChI is InChI=1S/C73H135O24P/c1-4-7-10-13-16-19-22-25-28-31-34-37-40-43-46-49-59(77)92-54(51-89-57(75)47-44-41-38-35-32-29-26-23-20-17-14-11-8-5-2)52-91-98(87,88)97-71-69(95-72-67(85)62(80)60(78)55(50-74)93-72)65(83)64(82)66(84)70(71)96-73-68(86)63(81)61(79)56(94-73)53-90-58(76)48-45-42-39-36-33-30-27-24-21-18-15-12-9-6-3/h30,33,54-56,60-74,78-86H,4-29,31-32,34-53H2,1-3H3,(H,87,88)/b33-30-. The summed E-state index contributed by atoms with van der Waals surface area (Å²) in [5.41, 5.74) is 0. The summed E-state index contributed by atoms with van der Waals surface area (Å²) >= 11 is 0. The van der Waals surface area contributed by atoms with Crippen LogP contribution in [0.2, 0.25) is 0 Å². The monoisotopic (exact) mass is 1430 g/mol. The molecule has 3 rings (SSSR count). The zero-order valence-electron chi connectivity index (χ0n) is 60.1. The normalized spacial score (nSPS) is 27.7. The minimum absolute atomic E-state index is 0.00967. The molecular formula is C73H135O24P. The number of aliphatic hydroxyl groups excluding tert-OH is 10. The van der Waals surface area contributed by atoms with Crippen LogP contribution >= 0.6 is 7.82 Å². The van der Waals surface area contributed by atoms with Crippen LogP contribution in [0, 0.1) is 0 Å². The minimum atomic E-state index is -5.69. The van der Waals surface area contributed by atoms with E-state index in [9.17, 15) is 74.9 Å². The Kier molecular flexibility index (Phi) is 50.7. The second-order valence-electron chi connectivity index (χ2n) is 27.7. The lowest BCUT2D eigenvalue weighted by atomic mass is 9.84. The second kappa shape index (κ2) is 55.2. The molecule has 3 fully saturated rings. The van der Waals surface area contributed by atoms with Gasteiger partial charge in [-0.3, -0.25) is 23.4 Å². The van der Waals surface area contributed by atoms with Gasteiger partial charge in [0, 0.05) is 19.3 Å². The van der Waals surface area contributed by atoms with Gasteiger partial charge in [0.1, 0.15) is 98.7 Å². The van der Waals surface area contributed by atoms with Crippen LogP contribution in [-0.2, 0) is 61.2 Å². The summed E-state index contributed by atoms with van der Waals surface area (Å²) in [4.78, 5) is 51.0. The number of allylic oxidation sites excluding steroid dienone is 2. The predicted molar refractivity (Wildman–Crippen MR) is 370 cm³/mol. The lowest BCUT2D eigenvalue weighted by molar-refractivity contribution is -0.360. The highest BCUT2D eigenvalue weighted by Gasteiger charge is 2.58. The van der Waals surface area contributed by atoms with Gasteiger partial charge in [0.25, 0.3) is 0 Å². The van der Waals surface area contributed by atoms with E-state index in [-0.39, 0.29) is 19.3 Å². The zero-order chi connectivity index (χ0) is 71.8. The minimum Gasteiger partial charge on any atom is -0.463 e. The van der Waals surface area contributed by atoms with E-state index in [0.29, 0.717) is 19.3 Å². The summed E-state index contributed by atoms with van der Waals surface area (Å²) in [6, 6.07) is 0. The third-order valence-corrected chi connectivity index (χ3v) is 20.0. The first-order chi connectivity index (χ1) is 47.3. The number of carbonyl (C=O) groups is 3. The lowest BCUT2D eigenvalue weighted by Crippen LogP contribution is -2.69. The molecule has 25 heteroatoms. The van der Waals surface area contributed by atoms with Gasteiger partial charge in [-0.05, 0) is 44.9 Å². The number of esters is 3. The summed E-state index contributed by atoms with van der Waals surface area (Å²) in [7, 11) is -5.69. The van der Waals surface area contributed by atoms with Crippen LogP contribution in [0.1, 0.15) is 303 Å². The third kappa shape index (κ3) is 37.9. The molecule has 2 saturated heterocycles. The van der Waals surface area contributed by atoms with Crippen LogP contribution in [0.5, 0.6) is 0 Å². The maximum atomic E-state index is 14.3. The molecule has 98 heavy (non-hydrogen) atoms. The van der Waals surface area contributed by atoms with Crippen molar-refractivity contribution in [2.75, 3.05) is 26.4 Å². The van der Waals surface area contributed by atoms with E-state index in [4.69, 9.17) is 42.2 Å². The number of unbranched alkanes of at least 4 members (excludes halogenated alkanes) is 37. The SMILES string of the molecule is CCCCCCCCC/C=C\CCCCCC(=O)OCC1OC(OC2C(O)C(O)C(O)C(OC3OC(CO)C(O)C(O)C3O)C2OP(=O)(O)OCC(COC(=O)CCCCCCCCCCCCCCCC)OC(=O)CCCCCCCCCCCCCCCCC)C(O)C(O)C1O. The summed E-state index contributed by atoms with van der Waals surface area (Å²) < 4.78 is 65.0. The quantitative estimate of drug-likeness (QED) is 0.00886. The highest BCUT2D eigenvalue weighted by molar-refractivity contribution is 7.47. The molecule has 18 unspecified atom stereocenters. The summed E-state index contributed by atoms with van der Waals surface area (Å²) in [6.07, 6.45) is 14.1. The Balaban J connectivity index is 1.73. The molecule has 0 radical (unpaired) electrons. The number of carbonyl (C=O) groups excluding carboxylic acids is 3. The van der Waals surface area contributed by atoms with Crippen LogP contribution in [0.15, 0.2) is 12.2 Å². The van der Waals surface area contributed by atoms with Crippen LogP contribution in [0.25, 0.3) is 0 Å². The molecule has 18 atom stereocenters. The van der Waals surface area contributed by atoms with E-state index in [1.165, 1.54) is 154 Å². The fourth-order valence-electron chi connectivity index (χ4n) is 12.8. The van der Waals surface area contributed by atoms with E-state index >= 15 is 0 Å². The van der Waals surface area contributed by atoms with Crippen molar-refractivity contribution in [2.45, 2.75) is 407 Å². The maximum Gasteiger partial charge on any atom is 0.472 e. The molecule has 0 aromatic carbocycles. The number of hydrogen-bond donors (Lipinski definition) is 11. The summed E-state index contributed by atoms with van der Waals surface area (Å²) in [5, 5.41) is 110. The summed E-state index contributed by atoms with van der Waals surface area (Å²) in [5.74, 6) is -1.99. The molecule has 2 aliphatic heterocycles. The average molecular weight is 1430 g/mol. The first-order valence-electron chi connectivity index (χ1n) is 38.5. The van der Waals surface area contributed by atoms with Gasteiger partial charge in [-0.2, -0.15) is 0 Å². The highest BCUT2D eigenvalue weighted by atomic mass is 31.2. The summed E-state index contributed by atoms with van der Waals surface area (Å²) in [6.45, 7) is 3.45. The fourth-order valence-corrected chi connectivity index (χ4v) is 13.7. The Labute approximate surface area is 586 Å². The van der Waals surface area contributed by atoms with Crippen molar-refractivity contribution in [3.8, 4) is 0 Å². The Bertz CT molecular complexity index is 2080. The number of rotatable bonds is 60. The van der Waals surface area contributed by atoms with E-state index in [1.807, 2.05) is 0 Å². The van der Waals surface area contributed by atoms with Crippen LogP contribution < -0.4 is 0 Å².